The van der Waals surface area contributed by atoms with Crippen LogP contribution in [0.3, 0.4) is 0 Å². The molecule has 0 aliphatic carbocycles. The van der Waals surface area contributed by atoms with E-state index < -0.39 is 18.0 Å². The molecule has 0 aromatic rings. The van der Waals surface area contributed by atoms with Gasteiger partial charge in [0.2, 0.25) is 0 Å². The number of aliphatic carboxylic acids is 2. The van der Waals surface area contributed by atoms with Crippen molar-refractivity contribution in [3.05, 3.63) is 24.3 Å². The van der Waals surface area contributed by atoms with Gasteiger partial charge in [0.25, 0.3) is 11.9 Å². The van der Waals surface area contributed by atoms with Crippen molar-refractivity contribution in [2.24, 2.45) is 0 Å². The molecule has 0 spiro atoms. The molecule has 1 unspecified atom stereocenters. The average molecular weight is 324 g/mol. The molecule has 6 nitrogen and oxygen atoms in total. The molecule has 0 aromatic carbocycles. The summed E-state index contributed by atoms with van der Waals surface area (Å²) in [7, 11) is 0. The summed E-state index contributed by atoms with van der Waals surface area (Å²) in [6.45, 7) is 4.07. The zero-order chi connectivity index (χ0) is 18.5. The highest BCUT2D eigenvalue weighted by Crippen LogP contribution is 1.96. The van der Waals surface area contributed by atoms with Crippen LogP contribution in [-0.4, -0.2) is 45.1 Å². The number of carbonyl (C=O) groups is 2. The Morgan fingerprint density at radius 3 is 1.87 bits per heavy atom. The molecule has 0 saturated heterocycles. The predicted octanol–water partition coefficient (Wildman–Crippen LogP) is 1.44. The minimum atomic E-state index is -0.833. The predicted molar refractivity (Wildman–Crippen MR) is 88.5 cm³/mol. The molecule has 128 valence electrons. The lowest BCUT2D eigenvalue weighted by molar-refractivity contribution is -0.135. The summed E-state index contributed by atoms with van der Waals surface area (Å²) < 4.78 is 0. The van der Waals surface area contributed by atoms with Crippen LogP contribution in [0.15, 0.2) is 24.3 Å². The van der Waals surface area contributed by atoms with Gasteiger partial charge in [-0.25, -0.2) is 0 Å². The second kappa shape index (κ2) is 21.8. The van der Waals surface area contributed by atoms with Crippen LogP contribution in [0.2, 0.25) is 0 Å². The second-order valence-electron chi connectivity index (χ2n) is 3.88. The van der Waals surface area contributed by atoms with E-state index >= 15 is 0 Å². The molecule has 1 atom stereocenters. The lowest BCUT2D eigenvalue weighted by Crippen LogP contribution is -2.06. The van der Waals surface area contributed by atoms with Gasteiger partial charge in [0.05, 0.1) is 6.10 Å². The second-order valence-corrected chi connectivity index (χ2v) is 3.88. The van der Waals surface area contributed by atoms with Crippen molar-refractivity contribution in [1.82, 2.24) is 0 Å². The number of hydrogen-bond acceptors (Lipinski definition) is 4. The van der Waals surface area contributed by atoms with E-state index in [4.69, 9.17) is 24.9 Å². The van der Waals surface area contributed by atoms with Crippen LogP contribution in [0.4, 0.5) is 0 Å². The Balaban J connectivity index is -0.000000413. The first-order valence-electron chi connectivity index (χ1n) is 6.73. The van der Waals surface area contributed by atoms with Crippen molar-refractivity contribution in [3.63, 3.8) is 0 Å². The van der Waals surface area contributed by atoms with Gasteiger partial charge in [0.15, 0.2) is 0 Å². The molecule has 0 heterocycles. The normalized spacial score (nSPS) is 9.96. The number of hydrogen-bond donors (Lipinski definition) is 4. The van der Waals surface area contributed by atoms with Crippen LogP contribution < -0.4 is 0 Å². The van der Waals surface area contributed by atoms with Gasteiger partial charge in [0.1, 0.15) is 0 Å². The smallest absolute Gasteiger partial charge is 0.300 e. The molecule has 0 saturated carbocycles. The summed E-state index contributed by atoms with van der Waals surface area (Å²) >= 11 is 0. The molecule has 0 rings (SSSR count). The lowest BCUT2D eigenvalue weighted by atomic mass is 10.2. The Morgan fingerprint density at radius 1 is 1.04 bits per heavy atom. The average Bonchev–Trinajstić information content (AvgIpc) is 2.41. The molecule has 0 fully saturated rings. The number of carboxylic acid groups (broad SMARTS) is 2. The van der Waals surface area contributed by atoms with Gasteiger partial charge in [-0.2, -0.15) is 0 Å². The number of carboxylic acids is 2. The van der Waals surface area contributed by atoms with Crippen LogP contribution in [0.25, 0.3) is 0 Å². The van der Waals surface area contributed by atoms with E-state index in [0.29, 0.717) is 12.8 Å². The van der Waals surface area contributed by atoms with Crippen molar-refractivity contribution in [1.29, 1.82) is 0 Å². The number of rotatable bonds is 4. The first kappa shape index (κ1) is 25.4. The highest BCUT2D eigenvalue weighted by molar-refractivity contribution is 5.63. The highest BCUT2D eigenvalue weighted by Gasteiger charge is 1.97. The molecule has 0 bridgehead atoms. The third kappa shape index (κ3) is 54.2. The van der Waals surface area contributed by atoms with Gasteiger partial charge in [-0.15, -0.1) is 0 Å². The van der Waals surface area contributed by atoms with Gasteiger partial charge in [-0.05, 0) is 43.8 Å². The zero-order valence-corrected chi connectivity index (χ0v) is 13.6. The fourth-order valence-electron chi connectivity index (χ4n) is 0.790. The Labute approximate surface area is 137 Å². The summed E-state index contributed by atoms with van der Waals surface area (Å²) in [6.07, 6.45) is 7.42. The van der Waals surface area contributed by atoms with Crippen molar-refractivity contribution in [2.45, 2.75) is 39.7 Å². The largest absolute Gasteiger partial charge is 0.481 e. The molecule has 0 aliphatic rings. The Morgan fingerprint density at radius 2 is 1.48 bits per heavy atom. The summed E-state index contributed by atoms with van der Waals surface area (Å²) in [5.74, 6) is 9.09. The summed E-state index contributed by atoms with van der Waals surface area (Å²) in [4.78, 5) is 18.0. The third-order valence-corrected chi connectivity index (χ3v) is 1.53. The first-order valence-corrected chi connectivity index (χ1v) is 6.73. The van der Waals surface area contributed by atoms with E-state index in [1.165, 1.54) is 0 Å². The van der Waals surface area contributed by atoms with Crippen LogP contribution in [0.1, 0.15) is 33.6 Å². The van der Waals surface area contributed by atoms with E-state index in [1.54, 1.807) is 18.2 Å². The monoisotopic (exact) mass is 324 g/mol. The van der Waals surface area contributed by atoms with Crippen molar-refractivity contribution in [3.8, 4) is 23.7 Å². The SMILES string of the molecule is CC(=O)O.CC(=O)O.CC=CC#CC#CC=CCC(O)CCO. The van der Waals surface area contributed by atoms with Crippen molar-refractivity contribution < 1.29 is 30.0 Å². The first-order chi connectivity index (χ1) is 10.8. The third-order valence-electron chi connectivity index (χ3n) is 1.53. The lowest BCUT2D eigenvalue weighted by Gasteiger charge is -2.02. The molecule has 0 aromatic heterocycles. The topological polar surface area (TPSA) is 115 Å². The van der Waals surface area contributed by atoms with E-state index in [1.807, 2.05) is 13.0 Å². The van der Waals surface area contributed by atoms with E-state index in [0.717, 1.165) is 13.8 Å². The quantitative estimate of drug-likeness (QED) is 0.582. The Hall–Kier alpha value is -2.54. The molecule has 23 heavy (non-hydrogen) atoms. The zero-order valence-electron chi connectivity index (χ0n) is 13.6. The number of aliphatic hydroxyl groups excluding tert-OH is 2. The maximum absolute atomic E-state index is 9.23. The van der Waals surface area contributed by atoms with Gasteiger partial charge < -0.3 is 20.4 Å². The van der Waals surface area contributed by atoms with Gasteiger partial charge in [0, 0.05) is 20.5 Å². The Bertz CT molecular complexity index is 463. The summed E-state index contributed by atoms with van der Waals surface area (Å²) in [5.41, 5.74) is 0. The highest BCUT2D eigenvalue weighted by atomic mass is 16.4. The van der Waals surface area contributed by atoms with Crippen LogP contribution >= 0.6 is 0 Å². The standard InChI is InChI=1S/C13H16O2.2C2H4O2/c1-2-3-4-5-6-7-8-9-10-13(15)11-12-14;2*1-2(3)4/h2-3,8-9,13-15H,10-12H2,1H3;2*1H3,(H,3,4). The molecular weight excluding hydrogens is 300 g/mol. The minimum Gasteiger partial charge on any atom is -0.481 e. The minimum absolute atomic E-state index is 0.00944. The number of allylic oxidation sites excluding steroid dienone is 3. The Kier molecular flexibility index (Phi) is 24.0. The van der Waals surface area contributed by atoms with Gasteiger partial charge >= 0.3 is 0 Å². The van der Waals surface area contributed by atoms with E-state index in [9.17, 15) is 5.11 Å². The molecule has 4 N–H and O–H groups in total. The van der Waals surface area contributed by atoms with Crippen LogP contribution in [0.5, 0.6) is 0 Å². The van der Waals surface area contributed by atoms with Crippen molar-refractivity contribution >= 4 is 11.9 Å². The molecule has 6 heteroatoms. The fraction of sp³-hybridized carbons (Fsp3) is 0.412. The molecular formula is C17H24O6. The molecule has 0 aliphatic heterocycles. The van der Waals surface area contributed by atoms with Crippen LogP contribution in [0, 0.1) is 23.7 Å². The fourth-order valence-corrected chi connectivity index (χ4v) is 0.790. The number of aliphatic hydroxyl groups is 2. The molecule has 0 amide bonds. The maximum Gasteiger partial charge on any atom is 0.300 e. The van der Waals surface area contributed by atoms with E-state index in [2.05, 4.69) is 23.7 Å². The van der Waals surface area contributed by atoms with Gasteiger partial charge in [-0.3, -0.25) is 9.59 Å². The van der Waals surface area contributed by atoms with Crippen molar-refractivity contribution in [2.75, 3.05) is 6.61 Å². The van der Waals surface area contributed by atoms with Crippen LogP contribution in [-0.2, 0) is 9.59 Å². The molecule has 0 radical (unpaired) electrons. The summed E-state index contributed by atoms with van der Waals surface area (Å²) in [5, 5.41) is 32.6. The van der Waals surface area contributed by atoms with E-state index in [-0.39, 0.29) is 6.61 Å². The van der Waals surface area contributed by atoms with Gasteiger partial charge in [-0.1, -0.05) is 24.0 Å². The summed E-state index contributed by atoms with van der Waals surface area (Å²) in [6, 6.07) is 0. The maximum atomic E-state index is 9.23.